The maximum absolute atomic E-state index is 11.4. The number of rotatable bonds is 1. The SMILES string of the molecule is CC1CN(c2nc[nH]c(=O)c2Cl)CC(C)N1C. The van der Waals surface area contributed by atoms with Gasteiger partial charge in [-0.1, -0.05) is 11.6 Å². The van der Waals surface area contributed by atoms with Gasteiger partial charge in [0.1, 0.15) is 5.02 Å². The summed E-state index contributed by atoms with van der Waals surface area (Å²) in [5, 5.41) is 0.177. The summed E-state index contributed by atoms with van der Waals surface area (Å²) in [7, 11) is 2.11. The summed E-state index contributed by atoms with van der Waals surface area (Å²) in [6, 6.07) is 0.826. The fourth-order valence-corrected chi connectivity index (χ4v) is 2.39. The number of piperazine rings is 1. The highest BCUT2D eigenvalue weighted by atomic mass is 35.5. The lowest BCUT2D eigenvalue weighted by atomic mass is 10.1. The number of nitrogens with zero attached hydrogens (tertiary/aromatic N) is 3. The van der Waals surface area contributed by atoms with Gasteiger partial charge in [0.2, 0.25) is 0 Å². The van der Waals surface area contributed by atoms with Gasteiger partial charge in [0, 0.05) is 25.2 Å². The van der Waals surface area contributed by atoms with Gasteiger partial charge in [0.05, 0.1) is 6.33 Å². The van der Waals surface area contributed by atoms with Gasteiger partial charge in [0.15, 0.2) is 5.82 Å². The molecule has 2 atom stereocenters. The average molecular weight is 257 g/mol. The van der Waals surface area contributed by atoms with Crippen LogP contribution in [0.15, 0.2) is 11.1 Å². The molecule has 1 aromatic rings. The number of aromatic nitrogens is 2. The van der Waals surface area contributed by atoms with Crippen molar-refractivity contribution in [3.05, 3.63) is 21.7 Å². The van der Waals surface area contributed by atoms with Crippen molar-refractivity contribution in [1.82, 2.24) is 14.9 Å². The molecular formula is C11H17ClN4O. The molecule has 0 aliphatic carbocycles. The van der Waals surface area contributed by atoms with Gasteiger partial charge in [-0.25, -0.2) is 4.98 Å². The summed E-state index contributed by atoms with van der Waals surface area (Å²) in [6.45, 7) is 5.97. The Bertz CT molecular complexity index is 449. The fourth-order valence-electron chi connectivity index (χ4n) is 2.17. The van der Waals surface area contributed by atoms with Crippen molar-refractivity contribution < 1.29 is 0 Å². The lowest BCUT2D eigenvalue weighted by Crippen LogP contribution is -2.55. The average Bonchev–Trinajstić information content (AvgIpc) is 2.29. The molecule has 1 aromatic heterocycles. The normalized spacial score (nSPS) is 26.2. The van der Waals surface area contributed by atoms with Crippen LogP contribution < -0.4 is 10.5 Å². The van der Waals surface area contributed by atoms with Crippen LogP contribution in [-0.2, 0) is 0 Å². The molecule has 2 unspecified atom stereocenters. The Hall–Kier alpha value is -1.07. The summed E-state index contributed by atoms with van der Waals surface area (Å²) < 4.78 is 0. The summed E-state index contributed by atoms with van der Waals surface area (Å²) in [4.78, 5) is 22.5. The van der Waals surface area contributed by atoms with Crippen LogP contribution >= 0.6 is 11.6 Å². The molecule has 0 bridgehead atoms. The zero-order valence-corrected chi connectivity index (χ0v) is 11.0. The summed E-state index contributed by atoms with van der Waals surface area (Å²) >= 11 is 6.00. The van der Waals surface area contributed by atoms with Gasteiger partial charge >= 0.3 is 0 Å². The molecule has 5 nitrogen and oxygen atoms in total. The number of nitrogens with one attached hydrogen (secondary N) is 1. The van der Waals surface area contributed by atoms with Crippen molar-refractivity contribution in [3.8, 4) is 0 Å². The van der Waals surface area contributed by atoms with Gasteiger partial charge < -0.3 is 9.88 Å². The number of hydrogen-bond acceptors (Lipinski definition) is 4. The van der Waals surface area contributed by atoms with Crippen LogP contribution in [0.2, 0.25) is 5.02 Å². The minimum atomic E-state index is -0.282. The van der Waals surface area contributed by atoms with E-state index in [2.05, 4.69) is 40.7 Å². The Morgan fingerprint density at radius 2 is 2.00 bits per heavy atom. The highest BCUT2D eigenvalue weighted by Crippen LogP contribution is 2.23. The molecule has 2 heterocycles. The van der Waals surface area contributed by atoms with Crippen LogP contribution in [0, 0.1) is 0 Å². The van der Waals surface area contributed by atoms with Crippen molar-refractivity contribution in [1.29, 1.82) is 0 Å². The molecule has 6 heteroatoms. The highest BCUT2D eigenvalue weighted by Gasteiger charge is 2.28. The number of hydrogen-bond donors (Lipinski definition) is 1. The topological polar surface area (TPSA) is 52.2 Å². The molecule has 1 aliphatic heterocycles. The van der Waals surface area contributed by atoms with Gasteiger partial charge in [0.25, 0.3) is 5.56 Å². The highest BCUT2D eigenvalue weighted by molar-refractivity contribution is 6.32. The number of H-pyrrole nitrogens is 1. The molecule has 1 saturated heterocycles. The van der Waals surface area contributed by atoms with Crippen molar-refractivity contribution in [3.63, 3.8) is 0 Å². The van der Waals surface area contributed by atoms with Crippen molar-refractivity contribution in [2.75, 3.05) is 25.0 Å². The summed E-state index contributed by atoms with van der Waals surface area (Å²) in [6.07, 6.45) is 1.40. The molecule has 1 N–H and O–H groups in total. The van der Waals surface area contributed by atoms with E-state index >= 15 is 0 Å². The standard InChI is InChI=1S/C11H17ClN4O/c1-7-4-16(5-8(2)15(7)3)10-9(12)11(17)14-6-13-10/h6-8H,4-5H2,1-3H3,(H,13,14,17). The van der Waals surface area contributed by atoms with Gasteiger partial charge in [-0.05, 0) is 20.9 Å². The predicted octanol–water partition coefficient (Wildman–Crippen LogP) is 0.952. The Labute approximate surface area is 105 Å². The number of aromatic amines is 1. The van der Waals surface area contributed by atoms with E-state index < -0.39 is 0 Å². The van der Waals surface area contributed by atoms with Gasteiger partial charge in [-0.15, -0.1) is 0 Å². The molecule has 0 saturated carbocycles. The van der Waals surface area contributed by atoms with Crippen LogP contribution in [0.25, 0.3) is 0 Å². The third-order valence-corrected chi connectivity index (χ3v) is 3.78. The van der Waals surface area contributed by atoms with E-state index in [9.17, 15) is 4.79 Å². The Kier molecular flexibility index (Phi) is 3.40. The largest absolute Gasteiger partial charge is 0.352 e. The van der Waals surface area contributed by atoms with E-state index in [0.717, 1.165) is 13.1 Å². The van der Waals surface area contributed by atoms with Crippen molar-refractivity contribution >= 4 is 17.4 Å². The number of halogens is 1. The van der Waals surface area contributed by atoms with E-state index in [0.29, 0.717) is 17.9 Å². The first kappa shape index (κ1) is 12.4. The second-order valence-electron chi connectivity index (χ2n) is 4.64. The van der Waals surface area contributed by atoms with E-state index in [1.807, 2.05) is 0 Å². The molecule has 1 aliphatic rings. The monoisotopic (exact) mass is 256 g/mol. The minimum Gasteiger partial charge on any atom is -0.352 e. The molecule has 17 heavy (non-hydrogen) atoms. The Morgan fingerprint density at radius 1 is 1.41 bits per heavy atom. The maximum atomic E-state index is 11.4. The zero-order chi connectivity index (χ0) is 12.6. The van der Waals surface area contributed by atoms with Crippen molar-refractivity contribution in [2.45, 2.75) is 25.9 Å². The van der Waals surface area contributed by atoms with Crippen LogP contribution in [0.5, 0.6) is 0 Å². The Morgan fingerprint density at radius 3 is 2.59 bits per heavy atom. The predicted molar refractivity (Wildman–Crippen MR) is 68.8 cm³/mol. The van der Waals surface area contributed by atoms with Crippen LogP contribution in [0.1, 0.15) is 13.8 Å². The number of anilines is 1. The third-order valence-electron chi connectivity index (χ3n) is 3.44. The fraction of sp³-hybridized carbons (Fsp3) is 0.636. The van der Waals surface area contributed by atoms with E-state index in [-0.39, 0.29) is 10.6 Å². The van der Waals surface area contributed by atoms with E-state index in [1.165, 1.54) is 6.33 Å². The molecule has 1 fully saturated rings. The first-order valence-electron chi connectivity index (χ1n) is 5.70. The summed E-state index contributed by atoms with van der Waals surface area (Å²) in [5.41, 5.74) is -0.282. The molecule has 0 amide bonds. The molecule has 2 rings (SSSR count). The quantitative estimate of drug-likeness (QED) is 0.813. The molecule has 0 radical (unpaired) electrons. The zero-order valence-electron chi connectivity index (χ0n) is 10.3. The van der Waals surface area contributed by atoms with Crippen LogP contribution in [0.4, 0.5) is 5.82 Å². The molecule has 0 spiro atoms. The van der Waals surface area contributed by atoms with E-state index in [4.69, 9.17) is 11.6 Å². The second kappa shape index (κ2) is 4.66. The van der Waals surface area contributed by atoms with Crippen LogP contribution in [0.3, 0.4) is 0 Å². The second-order valence-corrected chi connectivity index (χ2v) is 5.02. The van der Waals surface area contributed by atoms with E-state index in [1.54, 1.807) is 0 Å². The third kappa shape index (κ3) is 2.30. The molecule has 94 valence electrons. The maximum Gasteiger partial charge on any atom is 0.271 e. The number of likely N-dealkylation sites (N-methyl/N-ethyl adjacent to an activating group) is 1. The smallest absolute Gasteiger partial charge is 0.271 e. The lowest BCUT2D eigenvalue weighted by molar-refractivity contribution is 0.169. The van der Waals surface area contributed by atoms with Crippen LogP contribution in [-0.4, -0.2) is 47.1 Å². The molecular weight excluding hydrogens is 240 g/mol. The minimum absolute atomic E-state index is 0.177. The first-order valence-corrected chi connectivity index (χ1v) is 6.08. The molecule has 0 aromatic carbocycles. The van der Waals surface area contributed by atoms with Gasteiger partial charge in [-0.2, -0.15) is 0 Å². The lowest BCUT2D eigenvalue weighted by Gasteiger charge is -2.43. The Balaban J connectivity index is 2.29. The summed E-state index contributed by atoms with van der Waals surface area (Å²) in [5.74, 6) is 0.585. The first-order chi connectivity index (χ1) is 8.00. The van der Waals surface area contributed by atoms with Gasteiger partial charge in [-0.3, -0.25) is 9.69 Å². The van der Waals surface area contributed by atoms with Crippen molar-refractivity contribution in [2.24, 2.45) is 0 Å².